The molecule has 0 fully saturated rings. The average Bonchev–Trinajstić information content (AvgIpc) is 2.78. The van der Waals surface area contributed by atoms with Gasteiger partial charge in [-0.15, -0.1) is 0 Å². The van der Waals surface area contributed by atoms with Gasteiger partial charge in [-0.1, -0.05) is 53.2 Å². The van der Waals surface area contributed by atoms with Crippen LogP contribution in [0.2, 0.25) is 0 Å². The molecule has 0 saturated heterocycles. The van der Waals surface area contributed by atoms with E-state index in [0.29, 0.717) is 23.5 Å². The summed E-state index contributed by atoms with van der Waals surface area (Å²) in [5, 5.41) is 3.23. The van der Waals surface area contributed by atoms with Gasteiger partial charge in [0.2, 0.25) is 0 Å². The number of carbonyl (C=O) groups is 1. The highest BCUT2D eigenvalue weighted by Gasteiger charge is 2.21. The molecule has 1 atom stereocenters. The van der Waals surface area contributed by atoms with Gasteiger partial charge in [-0.2, -0.15) is 0 Å². The van der Waals surface area contributed by atoms with E-state index < -0.39 is 0 Å². The van der Waals surface area contributed by atoms with Gasteiger partial charge < -0.3 is 14.8 Å². The maximum Gasteiger partial charge on any atom is 0.251 e. The zero-order valence-corrected chi connectivity index (χ0v) is 19.0. The lowest BCUT2D eigenvalue weighted by Crippen LogP contribution is -2.30. The third-order valence-electron chi connectivity index (χ3n) is 5.10. The minimum Gasteiger partial charge on any atom is -0.493 e. The highest BCUT2D eigenvalue weighted by molar-refractivity contribution is 9.10. The Kier molecular flexibility index (Phi) is 7.52. The van der Waals surface area contributed by atoms with E-state index in [1.807, 2.05) is 54.6 Å². The van der Waals surface area contributed by atoms with Crippen LogP contribution in [0.1, 0.15) is 40.0 Å². The van der Waals surface area contributed by atoms with E-state index in [9.17, 15) is 4.79 Å². The number of carbonyl (C=O) groups excluding carboxylic acids is 1. The summed E-state index contributed by atoms with van der Waals surface area (Å²) in [6.45, 7) is 2.10. The molecule has 0 bridgehead atoms. The van der Waals surface area contributed by atoms with Crippen LogP contribution in [0, 0.1) is 0 Å². The molecule has 1 amide bonds. The largest absolute Gasteiger partial charge is 0.493 e. The average molecular weight is 468 g/mol. The maximum absolute atomic E-state index is 13.0. The van der Waals surface area contributed by atoms with Crippen LogP contribution in [0.15, 0.2) is 71.2 Å². The van der Waals surface area contributed by atoms with Crippen molar-refractivity contribution in [3.8, 4) is 11.5 Å². The monoisotopic (exact) mass is 467 g/mol. The van der Waals surface area contributed by atoms with Crippen molar-refractivity contribution in [1.82, 2.24) is 5.32 Å². The van der Waals surface area contributed by atoms with Crippen LogP contribution in [0.5, 0.6) is 11.5 Å². The SMILES string of the molecule is CCc1cc(OC)c(OC)cc1[C@H](Cc1ccccc1)NC(=O)c1ccc(Br)cc1. The Hall–Kier alpha value is -2.79. The minimum atomic E-state index is -0.210. The maximum atomic E-state index is 13.0. The molecule has 3 aromatic rings. The first-order valence-electron chi connectivity index (χ1n) is 9.90. The molecular formula is C25H26BrNO3. The number of rotatable bonds is 8. The number of ether oxygens (including phenoxy) is 2. The first kappa shape index (κ1) is 21.9. The van der Waals surface area contributed by atoms with E-state index in [1.165, 1.54) is 0 Å². The Morgan fingerprint density at radius 2 is 1.60 bits per heavy atom. The summed E-state index contributed by atoms with van der Waals surface area (Å²) >= 11 is 3.42. The van der Waals surface area contributed by atoms with Gasteiger partial charge in [0.15, 0.2) is 11.5 Å². The minimum absolute atomic E-state index is 0.111. The summed E-state index contributed by atoms with van der Waals surface area (Å²) in [6.07, 6.45) is 1.49. The third kappa shape index (κ3) is 5.22. The second-order valence-electron chi connectivity index (χ2n) is 6.98. The smallest absolute Gasteiger partial charge is 0.251 e. The van der Waals surface area contributed by atoms with Crippen molar-refractivity contribution in [3.05, 3.63) is 93.5 Å². The van der Waals surface area contributed by atoms with Gasteiger partial charge in [0.05, 0.1) is 20.3 Å². The summed E-state index contributed by atoms with van der Waals surface area (Å²) in [4.78, 5) is 13.0. The summed E-state index contributed by atoms with van der Waals surface area (Å²) in [6, 6.07) is 21.3. The molecule has 3 aromatic carbocycles. The Bertz CT molecular complexity index is 987. The van der Waals surface area contributed by atoms with E-state index >= 15 is 0 Å². The standard InChI is InChI=1S/C25H26BrNO3/c1-4-18-15-23(29-2)24(30-3)16-21(18)22(14-17-8-6-5-7-9-17)27-25(28)19-10-12-20(26)13-11-19/h5-13,15-16,22H,4,14H2,1-3H3,(H,27,28)/t22-/m0/s1. The molecule has 0 aliphatic heterocycles. The number of hydrogen-bond donors (Lipinski definition) is 1. The van der Waals surface area contributed by atoms with Crippen molar-refractivity contribution in [3.63, 3.8) is 0 Å². The quantitative estimate of drug-likeness (QED) is 0.459. The lowest BCUT2D eigenvalue weighted by atomic mass is 9.92. The predicted molar refractivity (Wildman–Crippen MR) is 123 cm³/mol. The van der Waals surface area contributed by atoms with Crippen molar-refractivity contribution in [2.24, 2.45) is 0 Å². The van der Waals surface area contributed by atoms with Crippen molar-refractivity contribution in [2.75, 3.05) is 14.2 Å². The highest BCUT2D eigenvalue weighted by Crippen LogP contribution is 2.35. The molecule has 4 nitrogen and oxygen atoms in total. The van der Waals surface area contributed by atoms with E-state index in [-0.39, 0.29) is 11.9 Å². The van der Waals surface area contributed by atoms with E-state index in [4.69, 9.17) is 9.47 Å². The van der Waals surface area contributed by atoms with Crippen LogP contribution in [0.25, 0.3) is 0 Å². The van der Waals surface area contributed by atoms with Crippen molar-refractivity contribution >= 4 is 21.8 Å². The molecule has 1 N–H and O–H groups in total. The molecule has 0 saturated carbocycles. The van der Waals surface area contributed by atoms with Crippen molar-refractivity contribution in [2.45, 2.75) is 25.8 Å². The van der Waals surface area contributed by atoms with Gasteiger partial charge in [-0.3, -0.25) is 4.79 Å². The molecular weight excluding hydrogens is 442 g/mol. The molecule has 0 spiro atoms. The van der Waals surface area contributed by atoms with Gasteiger partial charge in [0.25, 0.3) is 5.91 Å². The summed E-state index contributed by atoms with van der Waals surface area (Å²) in [5.74, 6) is 1.23. The zero-order valence-electron chi connectivity index (χ0n) is 17.4. The van der Waals surface area contributed by atoms with E-state index in [2.05, 4.69) is 40.3 Å². The highest BCUT2D eigenvalue weighted by atomic mass is 79.9. The third-order valence-corrected chi connectivity index (χ3v) is 5.62. The van der Waals surface area contributed by atoms with Gasteiger partial charge in [0, 0.05) is 10.0 Å². The molecule has 156 valence electrons. The first-order chi connectivity index (χ1) is 14.5. The normalized spacial score (nSPS) is 11.6. The molecule has 0 aliphatic carbocycles. The summed E-state index contributed by atoms with van der Waals surface area (Å²) in [5.41, 5.74) is 3.92. The number of halogens is 1. The predicted octanol–water partition coefficient (Wildman–Crippen LogP) is 5.74. The number of methoxy groups -OCH3 is 2. The van der Waals surface area contributed by atoms with Gasteiger partial charge in [-0.05, 0) is 65.9 Å². The Morgan fingerprint density at radius 3 is 2.20 bits per heavy atom. The molecule has 0 aromatic heterocycles. The number of hydrogen-bond acceptors (Lipinski definition) is 3. The fourth-order valence-corrected chi connectivity index (χ4v) is 3.76. The van der Waals surface area contributed by atoms with E-state index in [0.717, 1.165) is 27.6 Å². The lowest BCUT2D eigenvalue weighted by Gasteiger charge is -2.24. The second-order valence-corrected chi connectivity index (χ2v) is 7.90. The summed E-state index contributed by atoms with van der Waals surface area (Å²) < 4.78 is 12.0. The number of benzene rings is 3. The number of aryl methyl sites for hydroxylation is 1. The molecule has 30 heavy (non-hydrogen) atoms. The number of amides is 1. The molecule has 0 aliphatic rings. The van der Waals surface area contributed by atoms with Crippen molar-refractivity contribution in [1.29, 1.82) is 0 Å². The molecule has 0 heterocycles. The Labute approximate surface area is 186 Å². The van der Waals surface area contributed by atoms with Gasteiger partial charge >= 0.3 is 0 Å². The van der Waals surface area contributed by atoms with E-state index in [1.54, 1.807) is 14.2 Å². The van der Waals surface area contributed by atoms with Crippen LogP contribution >= 0.6 is 15.9 Å². The van der Waals surface area contributed by atoms with Gasteiger partial charge in [0.1, 0.15) is 0 Å². The zero-order chi connectivity index (χ0) is 21.5. The fourth-order valence-electron chi connectivity index (χ4n) is 3.50. The summed E-state index contributed by atoms with van der Waals surface area (Å²) in [7, 11) is 3.26. The molecule has 5 heteroatoms. The second kappa shape index (κ2) is 10.3. The van der Waals surface area contributed by atoms with Crippen LogP contribution in [-0.2, 0) is 12.8 Å². The van der Waals surface area contributed by atoms with Crippen LogP contribution < -0.4 is 14.8 Å². The lowest BCUT2D eigenvalue weighted by molar-refractivity contribution is 0.0936. The Balaban J connectivity index is 2.00. The van der Waals surface area contributed by atoms with Crippen LogP contribution in [0.3, 0.4) is 0 Å². The Morgan fingerprint density at radius 1 is 0.967 bits per heavy atom. The first-order valence-corrected chi connectivity index (χ1v) is 10.7. The fraction of sp³-hybridized carbons (Fsp3) is 0.240. The number of nitrogens with one attached hydrogen (secondary N) is 1. The van der Waals surface area contributed by atoms with Gasteiger partial charge in [-0.25, -0.2) is 0 Å². The molecule has 0 radical (unpaired) electrons. The molecule has 3 rings (SSSR count). The van der Waals surface area contributed by atoms with Crippen molar-refractivity contribution < 1.29 is 14.3 Å². The molecule has 0 unspecified atom stereocenters. The van der Waals surface area contributed by atoms with Crippen LogP contribution in [0.4, 0.5) is 0 Å². The van der Waals surface area contributed by atoms with Crippen LogP contribution in [-0.4, -0.2) is 20.1 Å². The topological polar surface area (TPSA) is 47.6 Å².